The zero-order chi connectivity index (χ0) is 14.2. The molecule has 1 aromatic heterocycles. The second kappa shape index (κ2) is 5.01. The van der Waals surface area contributed by atoms with Gasteiger partial charge in [0, 0.05) is 12.8 Å². The van der Waals surface area contributed by atoms with E-state index in [0.717, 1.165) is 12.3 Å². The molecule has 0 radical (unpaired) electrons. The second-order valence-corrected chi connectivity index (χ2v) is 6.97. The van der Waals surface area contributed by atoms with Crippen molar-refractivity contribution in [1.82, 2.24) is 9.55 Å². The van der Waals surface area contributed by atoms with E-state index in [0.29, 0.717) is 5.52 Å². The van der Waals surface area contributed by atoms with Crippen LogP contribution in [0.5, 0.6) is 0 Å². The van der Waals surface area contributed by atoms with Gasteiger partial charge in [-0.05, 0) is 30.8 Å². The summed E-state index contributed by atoms with van der Waals surface area (Å²) in [6.07, 6.45) is 1.41. The van der Waals surface area contributed by atoms with E-state index in [2.05, 4.69) is 4.98 Å². The Balaban J connectivity index is 2.40. The van der Waals surface area contributed by atoms with E-state index in [1.165, 1.54) is 10.6 Å². The molecule has 0 aliphatic heterocycles. The van der Waals surface area contributed by atoms with Gasteiger partial charge in [0.1, 0.15) is 15.4 Å². The van der Waals surface area contributed by atoms with Crippen molar-refractivity contribution in [2.75, 3.05) is 12.0 Å². The molecule has 8 heteroatoms. The molecular formula is C11H12F2N2O2S2. The molecule has 0 atom stereocenters. The van der Waals surface area contributed by atoms with E-state index in [-0.39, 0.29) is 29.0 Å². The standard InChI is InChI=1S/C11H12F2N2O2S2/c1-19(16,17)6-2-5-15-10-8(14-11(15)18)4-3-7(12)9(10)13/h3-4H,2,5-6H2,1H3,(H,14,18). The highest BCUT2D eigenvalue weighted by Gasteiger charge is 2.14. The lowest BCUT2D eigenvalue weighted by Gasteiger charge is -2.05. The first-order valence-electron chi connectivity index (χ1n) is 5.54. The van der Waals surface area contributed by atoms with Gasteiger partial charge in [-0.2, -0.15) is 0 Å². The van der Waals surface area contributed by atoms with Crippen molar-refractivity contribution in [1.29, 1.82) is 0 Å². The van der Waals surface area contributed by atoms with E-state index >= 15 is 0 Å². The summed E-state index contributed by atoms with van der Waals surface area (Å²) in [5.74, 6) is -1.97. The third-order valence-electron chi connectivity index (χ3n) is 2.72. The van der Waals surface area contributed by atoms with Crippen LogP contribution in [0, 0.1) is 16.4 Å². The average molecular weight is 306 g/mol. The van der Waals surface area contributed by atoms with Crippen LogP contribution in [0.15, 0.2) is 12.1 Å². The molecule has 0 amide bonds. The van der Waals surface area contributed by atoms with E-state index in [1.54, 1.807) is 0 Å². The first-order chi connectivity index (χ1) is 8.79. The summed E-state index contributed by atoms with van der Waals surface area (Å²) in [5.41, 5.74) is 0.432. The Bertz CT molecular complexity index is 778. The molecule has 0 unspecified atom stereocenters. The van der Waals surface area contributed by atoms with Crippen LogP contribution in [0.2, 0.25) is 0 Å². The van der Waals surface area contributed by atoms with Gasteiger partial charge >= 0.3 is 0 Å². The van der Waals surface area contributed by atoms with E-state index < -0.39 is 21.5 Å². The molecule has 0 aliphatic carbocycles. The summed E-state index contributed by atoms with van der Waals surface area (Å²) in [5, 5.41) is 0. The number of sulfone groups is 1. The maximum absolute atomic E-state index is 13.8. The average Bonchev–Trinajstić information content (AvgIpc) is 2.60. The molecule has 0 bridgehead atoms. The van der Waals surface area contributed by atoms with Crippen LogP contribution >= 0.6 is 12.2 Å². The van der Waals surface area contributed by atoms with E-state index in [4.69, 9.17) is 12.2 Å². The Labute approximate surface area is 114 Å². The van der Waals surface area contributed by atoms with Gasteiger partial charge in [0.2, 0.25) is 0 Å². The molecule has 2 rings (SSSR count). The first kappa shape index (κ1) is 14.1. The number of fused-ring (bicyclic) bond motifs is 1. The number of rotatable bonds is 4. The lowest BCUT2D eigenvalue weighted by Crippen LogP contribution is -2.08. The minimum atomic E-state index is -3.09. The van der Waals surface area contributed by atoms with Crippen molar-refractivity contribution in [3.05, 3.63) is 28.5 Å². The van der Waals surface area contributed by atoms with E-state index in [1.807, 2.05) is 0 Å². The van der Waals surface area contributed by atoms with Crippen LogP contribution in [0.4, 0.5) is 8.78 Å². The van der Waals surface area contributed by atoms with Gasteiger partial charge in [-0.1, -0.05) is 0 Å². The highest BCUT2D eigenvalue weighted by molar-refractivity contribution is 7.90. The molecule has 1 aromatic carbocycles. The molecule has 0 spiro atoms. The van der Waals surface area contributed by atoms with Gasteiger partial charge in [0.15, 0.2) is 16.4 Å². The Kier molecular flexibility index (Phi) is 3.73. The second-order valence-electron chi connectivity index (χ2n) is 4.32. The summed E-state index contributed by atoms with van der Waals surface area (Å²) in [4.78, 5) is 2.76. The molecule has 1 N–H and O–H groups in total. The highest BCUT2D eigenvalue weighted by Crippen LogP contribution is 2.20. The number of aryl methyl sites for hydroxylation is 1. The Hall–Kier alpha value is -1.28. The molecule has 2 aromatic rings. The molecule has 1 heterocycles. The number of halogens is 2. The molecule has 0 saturated heterocycles. The van der Waals surface area contributed by atoms with Crippen molar-refractivity contribution in [3.63, 3.8) is 0 Å². The van der Waals surface area contributed by atoms with Crippen molar-refractivity contribution in [3.8, 4) is 0 Å². The molecule has 0 saturated carbocycles. The Morgan fingerprint density at radius 2 is 2.05 bits per heavy atom. The minimum absolute atomic E-state index is 0.0294. The monoisotopic (exact) mass is 306 g/mol. The fourth-order valence-corrected chi connectivity index (χ4v) is 2.83. The van der Waals surface area contributed by atoms with Gasteiger partial charge in [0.25, 0.3) is 0 Å². The third kappa shape index (κ3) is 3.01. The summed E-state index contributed by atoms with van der Waals surface area (Å²) in [6.45, 7) is 0.215. The summed E-state index contributed by atoms with van der Waals surface area (Å²) in [7, 11) is -3.09. The zero-order valence-electron chi connectivity index (χ0n) is 10.1. The number of hydrogen-bond acceptors (Lipinski definition) is 3. The number of aromatic amines is 1. The van der Waals surface area contributed by atoms with Crippen molar-refractivity contribution in [2.24, 2.45) is 0 Å². The van der Waals surface area contributed by atoms with Crippen molar-refractivity contribution < 1.29 is 17.2 Å². The van der Waals surface area contributed by atoms with Crippen LogP contribution in [0.3, 0.4) is 0 Å². The molecule has 0 aliphatic rings. The predicted molar refractivity (Wildman–Crippen MR) is 71.4 cm³/mol. The van der Waals surface area contributed by atoms with Gasteiger partial charge in [0.05, 0.1) is 11.3 Å². The maximum atomic E-state index is 13.8. The number of benzene rings is 1. The zero-order valence-corrected chi connectivity index (χ0v) is 11.7. The topological polar surface area (TPSA) is 54.9 Å². The first-order valence-corrected chi connectivity index (χ1v) is 8.01. The molecule has 19 heavy (non-hydrogen) atoms. The normalized spacial score (nSPS) is 12.2. The molecule has 0 fully saturated rings. The largest absolute Gasteiger partial charge is 0.330 e. The van der Waals surface area contributed by atoms with Gasteiger partial charge < -0.3 is 9.55 Å². The number of nitrogens with one attached hydrogen (secondary N) is 1. The number of nitrogens with zero attached hydrogens (tertiary/aromatic N) is 1. The van der Waals surface area contributed by atoms with Gasteiger partial charge in [-0.25, -0.2) is 17.2 Å². The number of aromatic nitrogens is 2. The highest BCUT2D eigenvalue weighted by atomic mass is 32.2. The van der Waals surface area contributed by atoms with Crippen molar-refractivity contribution >= 4 is 33.1 Å². The van der Waals surface area contributed by atoms with Crippen LogP contribution in [-0.4, -0.2) is 30.0 Å². The van der Waals surface area contributed by atoms with E-state index in [9.17, 15) is 17.2 Å². The van der Waals surface area contributed by atoms with Gasteiger partial charge in [-0.15, -0.1) is 0 Å². The van der Waals surface area contributed by atoms with Crippen LogP contribution < -0.4 is 0 Å². The minimum Gasteiger partial charge on any atom is -0.330 e. The smallest absolute Gasteiger partial charge is 0.184 e. The summed E-state index contributed by atoms with van der Waals surface area (Å²) >= 11 is 5.03. The predicted octanol–water partition coefficient (Wildman–Crippen LogP) is 2.41. The summed E-state index contributed by atoms with van der Waals surface area (Å²) in [6, 6.07) is 2.42. The lowest BCUT2D eigenvalue weighted by molar-refractivity contribution is 0.510. The van der Waals surface area contributed by atoms with Crippen LogP contribution in [0.1, 0.15) is 6.42 Å². The SMILES string of the molecule is CS(=O)(=O)CCCn1c(=S)[nH]c2ccc(F)c(F)c21. The fourth-order valence-electron chi connectivity index (χ4n) is 1.89. The van der Waals surface area contributed by atoms with Crippen molar-refractivity contribution in [2.45, 2.75) is 13.0 Å². The number of H-pyrrole nitrogens is 1. The number of hydrogen-bond donors (Lipinski definition) is 1. The lowest BCUT2D eigenvalue weighted by atomic mass is 10.3. The van der Waals surface area contributed by atoms with Crippen LogP contribution in [0.25, 0.3) is 11.0 Å². The Morgan fingerprint density at radius 3 is 2.68 bits per heavy atom. The molecular weight excluding hydrogens is 294 g/mol. The molecule has 104 valence electrons. The Morgan fingerprint density at radius 1 is 1.37 bits per heavy atom. The summed E-state index contributed by atoms with van der Waals surface area (Å²) < 4.78 is 50.7. The van der Waals surface area contributed by atoms with Gasteiger partial charge in [-0.3, -0.25) is 0 Å². The number of imidazole rings is 1. The quantitative estimate of drug-likeness (QED) is 0.883. The molecule has 4 nitrogen and oxygen atoms in total. The van der Waals surface area contributed by atoms with Crippen LogP contribution in [-0.2, 0) is 16.4 Å². The maximum Gasteiger partial charge on any atom is 0.184 e. The third-order valence-corrected chi connectivity index (χ3v) is 4.08. The fraction of sp³-hybridized carbons (Fsp3) is 0.364.